The van der Waals surface area contributed by atoms with Crippen molar-refractivity contribution >= 4 is 17.5 Å². The molecule has 0 aliphatic heterocycles. The van der Waals surface area contributed by atoms with Gasteiger partial charge in [-0.1, -0.05) is 18.2 Å². The van der Waals surface area contributed by atoms with Crippen LogP contribution in [0.3, 0.4) is 0 Å². The van der Waals surface area contributed by atoms with Crippen molar-refractivity contribution < 1.29 is 14.3 Å². The third-order valence-electron chi connectivity index (χ3n) is 4.53. The van der Waals surface area contributed by atoms with Gasteiger partial charge in [-0.25, -0.2) is 0 Å². The van der Waals surface area contributed by atoms with Crippen LogP contribution in [0.5, 0.6) is 5.75 Å². The van der Waals surface area contributed by atoms with E-state index in [2.05, 4.69) is 5.32 Å². The third kappa shape index (κ3) is 4.42. The van der Waals surface area contributed by atoms with Crippen LogP contribution < -0.4 is 10.1 Å². The molecule has 5 heteroatoms. The van der Waals surface area contributed by atoms with E-state index < -0.39 is 0 Å². The van der Waals surface area contributed by atoms with Gasteiger partial charge in [0, 0.05) is 30.3 Å². The first kappa shape index (κ1) is 18.0. The molecule has 0 radical (unpaired) electrons. The van der Waals surface area contributed by atoms with Crippen LogP contribution in [0.2, 0.25) is 0 Å². The summed E-state index contributed by atoms with van der Waals surface area (Å²) in [6.07, 6.45) is 1.91. The van der Waals surface area contributed by atoms with Gasteiger partial charge >= 0.3 is 0 Å². The van der Waals surface area contributed by atoms with Crippen molar-refractivity contribution in [2.24, 2.45) is 5.92 Å². The highest BCUT2D eigenvalue weighted by Gasteiger charge is 2.29. The summed E-state index contributed by atoms with van der Waals surface area (Å²) in [6.45, 7) is 3.08. The van der Waals surface area contributed by atoms with Crippen LogP contribution in [0.4, 0.5) is 5.69 Å². The summed E-state index contributed by atoms with van der Waals surface area (Å²) in [4.78, 5) is 26.6. The molecule has 0 bridgehead atoms. The Bertz CT molecular complexity index is 782. The summed E-state index contributed by atoms with van der Waals surface area (Å²) >= 11 is 0. The van der Waals surface area contributed by atoms with Crippen molar-refractivity contribution in [2.45, 2.75) is 26.3 Å². The molecular weight excluding hydrogens is 328 g/mol. The molecule has 1 saturated carbocycles. The summed E-state index contributed by atoms with van der Waals surface area (Å²) in [5, 5.41) is 2.89. The molecule has 2 aromatic rings. The van der Waals surface area contributed by atoms with Gasteiger partial charge in [-0.05, 0) is 55.7 Å². The Morgan fingerprint density at radius 3 is 2.50 bits per heavy atom. The summed E-state index contributed by atoms with van der Waals surface area (Å²) in [5.74, 6) is 0.921. The minimum atomic E-state index is -0.0501. The van der Waals surface area contributed by atoms with Gasteiger partial charge in [0.1, 0.15) is 5.75 Å². The lowest BCUT2D eigenvalue weighted by Crippen LogP contribution is -2.30. The predicted molar refractivity (Wildman–Crippen MR) is 101 cm³/mol. The fourth-order valence-corrected chi connectivity index (χ4v) is 2.78. The van der Waals surface area contributed by atoms with Crippen molar-refractivity contribution in [3.63, 3.8) is 0 Å². The molecule has 3 rings (SSSR count). The van der Waals surface area contributed by atoms with Gasteiger partial charge in [0.2, 0.25) is 5.91 Å². The number of nitrogens with one attached hydrogen (secondary N) is 1. The molecule has 136 valence electrons. The summed E-state index contributed by atoms with van der Waals surface area (Å²) in [7, 11) is 1.63. The van der Waals surface area contributed by atoms with Gasteiger partial charge in [-0.3, -0.25) is 9.59 Å². The summed E-state index contributed by atoms with van der Waals surface area (Å²) in [5.41, 5.74) is 2.29. The molecule has 5 nitrogen and oxygen atoms in total. The Labute approximate surface area is 154 Å². The number of hydrogen-bond acceptors (Lipinski definition) is 3. The Hall–Kier alpha value is -2.82. The van der Waals surface area contributed by atoms with Gasteiger partial charge in [0.15, 0.2) is 0 Å². The van der Waals surface area contributed by atoms with Crippen molar-refractivity contribution in [2.75, 3.05) is 19.0 Å². The zero-order chi connectivity index (χ0) is 18.5. The van der Waals surface area contributed by atoms with E-state index in [0.29, 0.717) is 24.3 Å². The van der Waals surface area contributed by atoms with Crippen LogP contribution in [0, 0.1) is 5.92 Å². The number of anilines is 1. The van der Waals surface area contributed by atoms with Crippen LogP contribution in [-0.2, 0) is 11.3 Å². The summed E-state index contributed by atoms with van der Waals surface area (Å²) < 4.78 is 5.17. The van der Waals surface area contributed by atoms with E-state index in [-0.39, 0.29) is 17.7 Å². The molecule has 0 heterocycles. The molecule has 2 amide bonds. The molecule has 0 saturated heterocycles. The van der Waals surface area contributed by atoms with Crippen LogP contribution in [0.15, 0.2) is 48.5 Å². The zero-order valence-electron chi connectivity index (χ0n) is 15.2. The van der Waals surface area contributed by atoms with Gasteiger partial charge in [0.05, 0.1) is 7.11 Å². The lowest BCUT2D eigenvalue weighted by Gasteiger charge is -2.21. The van der Waals surface area contributed by atoms with Crippen molar-refractivity contribution in [3.05, 3.63) is 59.7 Å². The van der Waals surface area contributed by atoms with Gasteiger partial charge in [-0.2, -0.15) is 0 Å². The number of amides is 2. The van der Waals surface area contributed by atoms with E-state index in [1.807, 2.05) is 37.3 Å². The van der Waals surface area contributed by atoms with Gasteiger partial charge in [-0.15, -0.1) is 0 Å². The van der Waals surface area contributed by atoms with Crippen molar-refractivity contribution in [1.29, 1.82) is 0 Å². The fraction of sp³-hybridized carbons (Fsp3) is 0.333. The molecule has 1 fully saturated rings. The van der Waals surface area contributed by atoms with Crippen LogP contribution in [0.25, 0.3) is 0 Å². The standard InChI is InChI=1S/C21H24N2O3/c1-3-23(14-15-7-11-19(26-2)12-8-15)21(25)17-5-4-6-18(13-17)22-20(24)16-9-10-16/h4-8,11-13,16H,3,9-10,14H2,1-2H3,(H,22,24). The molecule has 1 N–H and O–H groups in total. The SMILES string of the molecule is CCN(Cc1ccc(OC)cc1)C(=O)c1cccc(NC(=O)C2CC2)c1. The van der Waals surface area contributed by atoms with Gasteiger partial charge in [0.25, 0.3) is 5.91 Å². The van der Waals surface area contributed by atoms with E-state index in [9.17, 15) is 9.59 Å². The molecule has 0 atom stereocenters. The van der Waals surface area contributed by atoms with Crippen molar-refractivity contribution in [1.82, 2.24) is 4.90 Å². The largest absolute Gasteiger partial charge is 0.497 e. The predicted octanol–water partition coefficient (Wildman–Crippen LogP) is 3.71. The number of carbonyl (C=O) groups excluding carboxylic acids is 2. The highest BCUT2D eigenvalue weighted by Crippen LogP contribution is 2.30. The second kappa shape index (κ2) is 8.04. The molecule has 2 aromatic carbocycles. The second-order valence-corrected chi connectivity index (χ2v) is 6.51. The zero-order valence-corrected chi connectivity index (χ0v) is 15.2. The minimum absolute atomic E-state index is 0.0418. The maximum Gasteiger partial charge on any atom is 0.254 e. The molecular formula is C21H24N2O3. The van der Waals surface area contributed by atoms with E-state index in [4.69, 9.17) is 4.74 Å². The number of methoxy groups -OCH3 is 1. The minimum Gasteiger partial charge on any atom is -0.497 e. The normalized spacial score (nSPS) is 13.2. The maximum atomic E-state index is 12.9. The van der Waals surface area contributed by atoms with E-state index >= 15 is 0 Å². The molecule has 1 aliphatic rings. The number of rotatable bonds is 7. The Morgan fingerprint density at radius 1 is 1.15 bits per heavy atom. The highest BCUT2D eigenvalue weighted by molar-refractivity contribution is 5.98. The molecule has 0 aromatic heterocycles. The average molecular weight is 352 g/mol. The quantitative estimate of drug-likeness (QED) is 0.826. The molecule has 1 aliphatic carbocycles. The van der Waals surface area contributed by atoms with E-state index in [1.54, 1.807) is 30.2 Å². The lowest BCUT2D eigenvalue weighted by molar-refractivity contribution is -0.117. The molecule has 26 heavy (non-hydrogen) atoms. The molecule has 0 unspecified atom stereocenters. The third-order valence-corrected chi connectivity index (χ3v) is 4.53. The van der Waals surface area contributed by atoms with Crippen LogP contribution in [0.1, 0.15) is 35.7 Å². The van der Waals surface area contributed by atoms with Crippen LogP contribution >= 0.6 is 0 Å². The Morgan fingerprint density at radius 2 is 1.88 bits per heavy atom. The number of nitrogens with zero attached hydrogens (tertiary/aromatic N) is 1. The second-order valence-electron chi connectivity index (χ2n) is 6.51. The Balaban J connectivity index is 1.69. The first-order chi connectivity index (χ1) is 12.6. The van der Waals surface area contributed by atoms with E-state index in [0.717, 1.165) is 24.2 Å². The monoisotopic (exact) mass is 352 g/mol. The highest BCUT2D eigenvalue weighted by atomic mass is 16.5. The number of hydrogen-bond donors (Lipinski definition) is 1. The van der Waals surface area contributed by atoms with Crippen LogP contribution in [-0.4, -0.2) is 30.4 Å². The topological polar surface area (TPSA) is 58.6 Å². The number of carbonyl (C=O) groups is 2. The first-order valence-electron chi connectivity index (χ1n) is 8.94. The maximum absolute atomic E-state index is 12.9. The summed E-state index contributed by atoms with van der Waals surface area (Å²) in [6, 6.07) is 14.9. The van der Waals surface area contributed by atoms with Gasteiger partial charge < -0.3 is 15.0 Å². The van der Waals surface area contributed by atoms with E-state index in [1.165, 1.54) is 0 Å². The van der Waals surface area contributed by atoms with Crippen molar-refractivity contribution in [3.8, 4) is 5.75 Å². The molecule has 0 spiro atoms. The lowest BCUT2D eigenvalue weighted by atomic mass is 10.1. The number of ether oxygens (including phenoxy) is 1. The first-order valence-corrected chi connectivity index (χ1v) is 8.94. The Kier molecular flexibility index (Phi) is 5.56. The average Bonchev–Trinajstić information content (AvgIpc) is 3.51. The number of benzene rings is 2. The smallest absolute Gasteiger partial charge is 0.254 e. The fourth-order valence-electron chi connectivity index (χ4n) is 2.78.